The zero-order chi connectivity index (χ0) is 14.9. The van der Waals surface area contributed by atoms with Gasteiger partial charge in [0.05, 0.1) is 0 Å². The van der Waals surface area contributed by atoms with Crippen molar-refractivity contribution in [3.63, 3.8) is 0 Å². The van der Waals surface area contributed by atoms with Crippen molar-refractivity contribution in [1.29, 1.82) is 0 Å². The molecule has 0 aromatic carbocycles. The normalized spacial score (nSPS) is 13.3. The molecule has 0 spiro atoms. The Bertz CT molecular complexity index is 407. The molecule has 106 valence electrons. The van der Waals surface area contributed by atoms with E-state index in [0.29, 0.717) is 0 Å². The average Bonchev–Trinajstić information content (AvgIpc) is 2.09. The van der Waals surface area contributed by atoms with E-state index < -0.39 is 41.3 Å². The maximum absolute atomic E-state index is 12.1. The highest BCUT2D eigenvalue weighted by Crippen LogP contribution is 2.58. The van der Waals surface area contributed by atoms with Gasteiger partial charge >= 0.3 is 25.6 Å². The monoisotopic (exact) mass is 333 g/mol. The molecule has 0 bridgehead atoms. The smallest absolute Gasteiger partial charge is 0.471 e. The Morgan fingerprint density at radius 3 is 1.83 bits per heavy atom. The van der Waals surface area contributed by atoms with Crippen LogP contribution >= 0.6 is 30.8 Å². The van der Waals surface area contributed by atoms with E-state index in [1.165, 1.54) is 0 Å². The number of hydrogen-bond acceptors (Lipinski definition) is 3. The second-order valence-electron chi connectivity index (χ2n) is 2.84. The summed E-state index contributed by atoms with van der Waals surface area (Å²) in [5, 5.41) is 8.30. The number of rotatable bonds is 4. The van der Waals surface area contributed by atoms with Crippen LogP contribution in [-0.2, 0) is 14.2 Å². The second-order valence-corrected chi connectivity index (χ2v) is 6.39. The summed E-state index contributed by atoms with van der Waals surface area (Å²) in [7, 11) is -5.63. The first kappa shape index (κ1) is 17.5. The molecule has 0 unspecified atom stereocenters. The van der Waals surface area contributed by atoms with Crippen molar-refractivity contribution in [2.24, 2.45) is 0 Å². The van der Waals surface area contributed by atoms with Crippen LogP contribution < -0.4 is 0 Å². The SMILES string of the molecule is O=C(O)CN(C(=O)C(F)(F)F)C(Cl)(Cl)P(=O)(O)O. The number of nitrogens with zero attached hydrogens (tertiary/aromatic N) is 1. The third kappa shape index (κ3) is 3.99. The highest BCUT2D eigenvalue weighted by molar-refractivity contribution is 7.58. The summed E-state index contributed by atoms with van der Waals surface area (Å²) < 4.78 is 43.5. The second kappa shape index (κ2) is 5.22. The van der Waals surface area contributed by atoms with Gasteiger partial charge in [0.25, 0.3) is 4.20 Å². The van der Waals surface area contributed by atoms with Gasteiger partial charge in [-0.1, -0.05) is 23.2 Å². The number of aliphatic carboxylic acids is 1. The molecular weight excluding hydrogens is 329 g/mol. The number of alkyl halides is 5. The Hall–Kier alpha value is -0.540. The van der Waals surface area contributed by atoms with Gasteiger partial charge in [0.15, 0.2) is 0 Å². The van der Waals surface area contributed by atoms with Gasteiger partial charge in [-0.05, 0) is 0 Å². The van der Waals surface area contributed by atoms with Gasteiger partial charge < -0.3 is 14.9 Å². The lowest BCUT2D eigenvalue weighted by atomic mass is 10.5. The van der Waals surface area contributed by atoms with Crippen molar-refractivity contribution in [3.8, 4) is 0 Å². The maximum Gasteiger partial charge on any atom is 0.471 e. The minimum Gasteiger partial charge on any atom is -0.480 e. The predicted octanol–water partition coefficient (Wildman–Crippen LogP) is 0.728. The molecule has 0 saturated heterocycles. The van der Waals surface area contributed by atoms with Crippen molar-refractivity contribution in [2.45, 2.75) is 10.4 Å². The quantitative estimate of drug-likeness (QED) is 0.397. The lowest BCUT2D eigenvalue weighted by Gasteiger charge is -2.33. The number of amides is 1. The van der Waals surface area contributed by atoms with Gasteiger partial charge in [-0.2, -0.15) is 13.2 Å². The Morgan fingerprint density at radius 1 is 1.22 bits per heavy atom. The summed E-state index contributed by atoms with van der Waals surface area (Å²) in [4.78, 5) is 37.5. The molecule has 18 heavy (non-hydrogen) atoms. The molecule has 0 heterocycles. The molecule has 0 atom stereocenters. The largest absolute Gasteiger partial charge is 0.480 e. The number of carbonyl (C=O) groups excluding carboxylic acids is 1. The molecule has 7 nitrogen and oxygen atoms in total. The predicted molar refractivity (Wildman–Crippen MR) is 51.9 cm³/mol. The van der Waals surface area contributed by atoms with E-state index in [2.05, 4.69) is 0 Å². The molecule has 0 saturated carbocycles. The minimum atomic E-state index is -5.63. The van der Waals surface area contributed by atoms with E-state index in [9.17, 15) is 27.3 Å². The number of halogens is 5. The van der Waals surface area contributed by atoms with Crippen LogP contribution in [0.25, 0.3) is 0 Å². The first-order chi connectivity index (χ1) is 7.71. The summed E-state index contributed by atoms with van der Waals surface area (Å²) in [5.41, 5.74) is 0. The molecule has 13 heteroatoms. The summed E-state index contributed by atoms with van der Waals surface area (Å²) in [6, 6.07) is 0. The summed E-state index contributed by atoms with van der Waals surface area (Å²) in [6.45, 7) is -1.74. The van der Waals surface area contributed by atoms with Gasteiger partial charge in [-0.25, -0.2) is 0 Å². The number of carbonyl (C=O) groups is 2. The lowest BCUT2D eigenvalue weighted by Crippen LogP contribution is -2.51. The minimum absolute atomic E-state index is 0.876. The molecule has 0 aliphatic carbocycles. The van der Waals surface area contributed by atoms with Gasteiger partial charge in [-0.3, -0.25) is 19.1 Å². The van der Waals surface area contributed by atoms with Crippen LogP contribution in [0.4, 0.5) is 13.2 Å². The fraction of sp³-hybridized carbons (Fsp3) is 0.600. The highest BCUT2D eigenvalue weighted by atomic mass is 35.5. The molecule has 0 aliphatic rings. The van der Waals surface area contributed by atoms with Crippen molar-refractivity contribution < 1.29 is 42.2 Å². The first-order valence-corrected chi connectivity index (χ1v) is 6.12. The lowest BCUT2D eigenvalue weighted by molar-refractivity contribution is -0.187. The van der Waals surface area contributed by atoms with Crippen LogP contribution in [0.2, 0.25) is 0 Å². The Balaban J connectivity index is 5.59. The zero-order valence-corrected chi connectivity index (χ0v) is 10.5. The molecular formula is C5H5Cl2F3NO6P. The Labute approximate surface area is 107 Å². The molecule has 0 radical (unpaired) electrons. The summed E-state index contributed by atoms with van der Waals surface area (Å²) in [6.07, 6.45) is -5.60. The number of hydrogen-bond donors (Lipinski definition) is 3. The van der Waals surface area contributed by atoms with Gasteiger partial charge in [0.1, 0.15) is 6.54 Å². The summed E-state index contributed by atoms with van der Waals surface area (Å²) >= 11 is 9.93. The standard InChI is InChI=1S/C5H5Cl2F3NO6P/c6-5(7,18(15,16)17)11(1-2(12)13)3(14)4(8,9)10/h1H2,(H,12,13)(H2,15,16,17). The fourth-order valence-corrected chi connectivity index (χ4v) is 1.48. The Kier molecular flexibility index (Phi) is 5.06. The number of carboxylic acids is 1. The van der Waals surface area contributed by atoms with Crippen LogP contribution in [0.15, 0.2) is 0 Å². The maximum atomic E-state index is 12.1. The average molecular weight is 334 g/mol. The van der Waals surface area contributed by atoms with Gasteiger partial charge in [-0.15, -0.1) is 0 Å². The van der Waals surface area contributed by atoms with E-state index in [1.54, 1.807) is 0 Å². The third-order valence-corrected chi connectivity index (χ3v) is 4.13. The van der Waals surface area contributed by atoms with E-state index in [-0.39, 0.29) is 0 Å². The van der Waals surface area contributed by atoms with E-state index >= 15 is 0 Å². The zero-order valence-electron chi connectivity index (χ0n) is 8.06. The van der Waals surface area contributed by atoms with E-state index in [1.807, 2.05) is 0 Å². The molecule has 0 fully saturated rings. The molecule has 0 rings (SSSR count). The summed E-state index contributed by atoms with van der Waals surface area (Å²) in [5.74, 6) is -4.88. The van der Waals surface area contributed by atoms with Crippen LogP contribution in [0.5, 0.6) is 0 Å². The van der Waals surface area contributed by atoms with Crippen molar-refractivity contribution in [3.05, 3.63) is 0 Å². The van der Waals surface area contributed by atoms with Crippen LogP contribution in [0.3, 0.4) is 0 Å². The molecule has 3 N–H and O–H groups in total. The molecule has 1 amide bonds. The van der Waals surface area contributed by atoms with Gasteiger partial charge in [0, 0.05) is 0 Å². The molecule has 0 aromatic rings. The fourth-order valence-electron chi connectivity index (χ4n) is 0.735. The van der Waals surface area contributed by atoms with Crippen LogP contribution in [0.1, 0.15) is 0 Å². The topological polar surface area (TPSA) is 115 Å². The molecule has 0 aliphatic heterocycles. The number of carboxylic acid groups (broad SMARTS) is 1. The highest BCUT2D eigenvalue weighted by Gasteiger charge is 2.57. The first-order valence-electron chi connectivity index (χ1n) is 3.75. The van der Waals surface area contributed by atoms with Crippen LogP contribution in [0, 0.1) is 0 Å². The van der Waals surface area contributed by atoms with Crippen molar-refractivity contribution in [1.82, 2.24) is 4.90 Å². The molecule has 0 aromatic heterocycles. The third-order valence-electron chi connectivity index (χ3n) is 1.46. The van der Waals surface area contributed by atoms with Crippen LogP contribution in [-0.4, -0.2) is 48.6 Å². The van der Waals surface area contributed by atoms with Gasteiger partial charge in [0.2, 0.25) is 0 Å². The van der Waals surface area contributed by atoms with Crippen molar-refractivity contribution >= 4 is 42.7 Å². The van der Waals surface area contributed by atoms with E-state index in [0.717, 1.165) is 0 Å². The van der Waals surface area contributed by atoms with E-state index in [4.69, 9.17) is 38.1 Å². The Morgan fingerprint density at radius 2 is 1.61 bits per heavy atom. The van der Waals surface area contributed by atoms with Crippen molar-refractivity contribution in [2.75, 3.05) is 6.54 Å².